The summed E-state index contributed by atoms with van der Waals surface area (Å²) in [4.78, 5) is 46.2. The summed E-state index contributed by atoms with van der Waals surface area (Å²) < 4.78 is 27.5. The molecular formula is C52H53FN4O7. The number of piperidine rings is 1. The van der Waals surface area contributed by atoms with Gasteiger partial charge in [-0.2, -0.15) is 0 Å². The number of aromatic nitrogens is 1. The third-order valence-corrected chi connectivity index (χ3v) is 12.4. The number of methoxy groups -OCH3 is 1. The number of aliphatic hydroxyl groups is 1. The molecule has 6 aromatic rings. The fraction of sp³-hybridized carbons (Fsp3) is 0.288. The Balaban J connectivity index is 0.888. The molecule has 12 heteroatoms. The van der Waals surface area contributed by atoms with Crippen LogP contribution in [0, 0.1) is 11.7 Å². The molecular weight excluding hydrogens is 812 g/mol. The molecule has 11 nitrogen and oxygen atoms in total. The van der Waals surface area contributed by atoms with Crippen molar-refractivity contribution in [3.05, 3.63) is 183 Å². The number of aliphatic hydroxyl groups excluding tert-OH is 1. The van der Waals surface area contributed by atoms with Crippen LogP contribution in [0.5, 0.6) is 11.5 Å². The van der Waals surface area contributed by atoms with Crippen molar-refractivity contribution in [1.82, 2.24) is 20.1 Å². The van der Waals surface area contributed by atoms with Crippen LogP contribution in [-0.2, 0) is 22.6 Å². The molecule has 1 fully saturated rings. The number of aromatic hydroxyl groups is 1. The first-order chi connectivity index (χ1) is 31.2. The molecule has 0 saturated carbocycles. The number of halogens is 1. The van der Waals surface area contributed by atoms with Crippen LogP contribution >= 0.6 is 0 Å². The van der Waals surface area contributed by atoms with Gasteiger partial charge in [-0.05, 0) is 89.9 Å². The highest BCUT2D eigenvalue weighted by molar-refractivity contribution is 5.96. The van der Waals surface area contributed by atoms with Gasteiger partial charge in [-0.1, -0.05) is 103 Å². The summed E-state index contributed by atoms with van der Waals surface area (Å²) in [5, 5.41) is 24.8. The van der Waals surface area contributed by atoms with Crippen LogP contribution < -0.4 is 15.6 Å². The Labute approximate surface area is 371 Å². The van der Waals surface area contributed by atoms with Gasteiger partial charge in [0.15, 0.2) is 11.6 Å². The van der Waals surface area contributed by atoms with Crippen molar-refractivity contribution in [1.29, 1.82) is 0 Å². The van der Waals surface area contributed by atoms with Gasteiger partial charge in [0, 0.05) is 49.7 Å². The topological polar surface area (TPSA) is 144 Å². The van der Waals surface area contributed by atoms with Crippen molar-refractivity contribution in [3.8, 4) is 11.5 Å². The number of rotatable bonds is 15. The van der Waals surface area contributed by atoms with E-state index in [0.717, 1.165) is 54.7 Å². The zero-order chi connectivity index (χ0) is 44.6. The van der Waals surface area contributed by atoms with Gasteiger partial charge in [-0.3, -0.25) is 19.3 Å². The monoisotopic (exact) mass is 864 g/mol. The molecule has 0 spiro atoms. The molecule has 1 aromatic heterocycles. The number of phenolic OH excluding ortho intramolecular Hbond substituents is 1. The Morgan fingerprint density at radius 1 is 0.891 bits per heavy atom. The number of amides is 1. The number of hydrogen-bond acceptors (Lipinski definition) is 9. The van der Waals surface area contributed by atoms with Crippen LogP contribution in [0.15, 0.2) is 132 Å². The first-order valence-corrected chi connectivity index (χ1v) is 21.8. The van der Waals surface area contributed by atoms with Crippen molar-refractivity contribution in [2.45, 2.75) is 44.4 Å². The SMILES string of the molecule is COc1c(CNCC(O)c2ccc(O)c3[nH]c(=O)ccc23)ccc(C(=O)N2CC=C(c3cccc(C(C(=O)OCC4CCN(Cc5ccccc5)CC4)c4ccccc4)c3)CC2)c1F. The van der Waals surface area contributed by atoms with Gasteiger partial charge in [0.2, 0.25) is 5.56 Å². The zero-order valence-corrected chi connectivity index (χ0v) is 35.8. The quantitative estimate of drug-likeness (QED) is 0.0763. The average Bonchev–Trinajstić information content (AvgIpc) is 3.32. The van der Waals surface area contributed by atoms with Gasteiger partial charge in [-0.15, -0.1) is 0 Å². The average molecular weight is 865 g/mol. The molecule has 4 N–H and O–H groups in total. The standard InChI is InChI=1S/C52H53FN4O7/c1-63-50-40(30-54-31-45(59)41-17-19-44(58)49-42(41)18-20-46(60)55-49)15-16-43(48(50)53)51(61)57-27-23-36(24-28-57)38-13-8-14-39(29-38)47(37-11-6-3-7-12-37)52(62)64-33-35-21-25-56(26-22-35)32-34-9-4-2-5-10-34/h2-20,23,29,35,45,47,54,58-59H,21-22,24-28,30-33H2,1H3,(H,55,60). The molecule has 330 valence electrons. The second kappa shape index (κ2) is 20.3. The van der Waals surface area contributed by atoms with Gasteiger partial charge in [0.25, 0.3) is 5.91 Å². The number of benzene rings is 5. The van der Waals surface area contributed by atoms with Crippen LogP contribution in [0.2, 0.25) is 0 Å². The smallest absolute Gasteiger partial charge is 0.317 e. The Bertz CT molecular complexity index is 2680. The van der Waals surface area contributed by atoms with Crippen molar-refractivity contribution in [2.75, 3.05) is 46.4 Å². The van der Waals surface area contributed by atoms with Crippen LogP contribution in [0.3, 0.4) is 0 Å². The number of pyridine rings is 1. The number of esters is 1. The first kappa shape index (κ1) is 44.0. The number of carbonyl (C=O) groups is 2. The molecule has 2 atom stereocenters. The first-order valence-electron chi connectivity index (χ1n) is 21.8. The predicted octanol–water partition coefficient (Wildman–Crippen LogP) is 7.72. The lowest BCUT2D eigenvalue weighted by molar-refractivity contribution is -0.146. The molecule has 64 heavy (non-hydrogen) atoms. The van der Waals surface area contributed by atoms with E-state index < -0.39 is 23.7 Å². The number of hydrogen-bond donors (Lipinski definition) is 4. The van der Waals surface area contributed by atoms with E-state index in [-0.39, 0.29) is 53.7 Å². The molecule has 0 radical (unpaired) electrons. The number of fused-ring (bicyclic) bond motifs is 1. The summed E-state index contributed by atoms with van der Waals surface area (Å²) in [6, 6.07) is 37.1. The molecule has 1 saturated heterocycles. The fourth-order valence-electron chi connectivity index (χ4n) is 8.87. The van der Waals surface area contributed by atoms with Gasteiger partial charge in [0.05, 0.1) is 30.9 Å². The Kier molecular flexibility index (Phi) is 13.9. The minimum absolute atomic E-state index is 0.0683. The van der Waals surface area contributed by atoms with Gasteiger partial charge in [0.1, 0.15) is 11.7 Å². The van der Waals surface area contributed by atoms with Crippen molar-refractivity contribution in [2.24, 2.45) is 5.92 Å². The lowest BCUT2D eigenvalue weighted by Crippen LogP contribution is -2.35. The third kappa shape index (κ3) is 10.1. The van der Waals surface area contributed by atoms with E-state index in [0.29, 0.717) is 42.0 Å². The summed E-state index contributed by atoms with van der Waals surface area (Å²) in [6.07, 6.45) is 3.45. The highest BCUT2D eigenvalue weighted by Gasteiger charge is 2.29. The number of phenols is 1. The van der Waals surface area contributed by atoms with Gasteiger partial charge >= 0.3 is 5.97 Å². The second-order valence-corrected chi connectivity index (χ2v) is 16.6. The van der Waals surface area contributed by atoms with E-state index in [1.807, 2.05) is 66.7 Å². The number of nitrogens with one attached hydrogen (secondary N) is 2. The number of ether oxygens (including phenoxy) is 2. The predicted molar refractivity (Wildman–Crippen MR) is 244 cm³/mol. The fourth-order valence-corrected chi connectivity index (χ4v) is 8.87. The van der Waals surface area contributed by atoms with Gasteiger partial charge in [-0.25, -0.2) is 4.39 Å². The minimum Gasteiger partial charge on any atom is -0.506 e. The largest absolute Gasteiger partial charge is 0.506 e. The summed E-state index contributed by atoms with van der Waals surface area (Å²) in [7, 11) is 1.34. The van der Waals surface area contributed by atoms with E-state index in [1.54, 1.807) is 17.0 Å². The molecule has 8 rings (SSSR count). The van der Waals surface area contributed by atoms with Crippen LogP contribution in [0.1, 0.15) is 75.0 Å². The zero-order valence-electron chi connectivity index (χ0n) is 35.8. The van der Waals surface area contributed by atoms with Crippen LogP contribution in [0.25, 0.3) is 16.5 Å². The summed E-state index contributed by atoms with van der Waals surface area (Å²) >= 11 is 0. The molecule has 0 bridgehead atoms. The molecule has 1 amide bonds. The maximum Gasteiger partial charge on any atom is 0.317 e. The second-order valence-electron chi connectivity index (χ2n) is 16.6. The van der Waals surface area contributed by atoms with E-state index in [4.69, 9.17) is 9.47 Å². The summed E-state index contributed by atoms with van der Waals surface area (Å²) in [5.41, 5.74) is 5.67. The van der Waals surface area contributed by atoms with Gasteiger partial charge < -0.3 is 34.9 Å². The van der Waals surface area contributed by atoms with Crippen molar-refractivity contribution in [3.63, 3.8) is 0 Å². The lowest BCUT2D eigenvalue weighted by Gasteiger charge is -2.32. The lowest BCUT2D eigenvalue weighted by atomic mass is 9.88. The molecule has 2 aliphatic heterocycles. The van der Waals surface area contributed by atoms with E-state index >= 15 is 4.39 Å². The van der Waals surface area contributed by atoms with Crippen LogP contribution in [-0.4, -0.2) is 83.3 Å². The number of aromatic amines is 1. The Morgan fingerprint density at radius 2 is 1.64 bits per heavy atom. The third-order valence-electron chi connectivity index (χ3n) is 12.4. The highest BCUT2D eigenvalue weighted by atomic mass is 19.1. The normalized spacial score (nSPS) is 15.7. The van der Waals surface area contributed by atoms with Crippen LogP contribution in [0.4, 0.5) is 4.39 Å². The van der Waals surface area contributed by atoms with E-state index in [9.17, 15) is 24.6 Å². The van der Waals surface area contributed by atoms with E-state index in [2.05, 4.69) is 39.5 Å². The number of carbonyl (C=O) groups excluding carboxylic acids is 2. The molecule has 3 heterocycles. The highest BCUT2D eigenvalue weighted by Crippen LogP contribution is 2.33. The molecule has 5 aromatic carbocycles. The van der Waals surface area contributed by atoms with E-state index in [1.165, 1.54) is 36.9 Å². The van der Waals surface area contributed by atoms with Crippen molar-refractivity contribution >= 4 is 28.4 Å². The minimum atomic E-state index is -1.01. The molecule has 2 aliphatic rings. The maximum absolute atomic E-state index is 16.0. The number of likely N-dealkylation sites (tertiary alicyclic amines) is 1. The number of nitrogens with zero attached hydrogens (tertiary/aromatic N) is 2. The molecule has 0 aliphatic carbocycles. The molecule has 2 unspecified atom stereocenters. The van der Waals surface area contributed by atoms with Crippen molar-refractivity contribution < 1.29 is 33.7 Å². The number of H-pyrrole nitrogens is 1. The summed E-state index contributed by atoms with van der Waals surface area (Å²) in [6.45, 7) is 4.09. The Morgan fingerprint density at radius 3 is 2.38 bits per heavy atom. The Hall–Kier alpha value is -6.60. The maximum atomic E-state index is 16.0. The summed E-state index contributed by atoms with van der Waals surface area (Å²) in [5.74, 6) is -1.97.